The highest BCUT2D eigenvalue weighted by Crippen LogP contribution is 2.22. The van der Waals surface area contributed by atoms with Gasteiger partial charge in [0, 0.05) is 29.4 Å². The van der Waals surface area contributed by atoms with Crippen LogP contribution in [0.2, 0.25) is 5.02 Å². The molecule has 1 aliphatic heterocycles. The molecule has 2 aromatic rings. The van der Waals surface area contributed by atoms with Gasteiger partial charge in [-0.3, -0.25) is 14.4 Å². The van der Waals surface area contributed by atoms with Crippen molar-refractivity contribution in [2.45, 2.75) is 32.8 Å². The number of ether oxygens (including phenoxy) is 2. The standard InChI is InChI=1S/C24H27ClN2O5/c1-3-31-21-10-8-20(9-11-21)26-22(28)16(2)32-24(30)18-12-14-27(15-13-18)23(29)17-4-6-19(25)7-5-17/h4-11,16,18H,3,12-15H2,1-2H3,(H,26,28). The van der Waals surface area contributed by atoms with Gasteiger partial charge < -0.3 is 19.7 Å². The molecule has 1 fully saturated rings. The lowest BCUT2D eigenvalue weighted by Gasteiger charge is -2.31. The number of nitrogens with one attached hydrogen (secondary N) is 1. The molecule has 8 heteroatoms. The minimum absolute atomic E-state index is 0.0865. The molecule has 32 heavy (non-hydrogen) atoms. The minimum Gasteiger partial charge on any atom is -0.494 e. The van der Waals surface area contributed by atoms with E-state index in [4.69, 9.17) is 21.1 Å². The number of esters is 1. The number of halogens is 1. The molecule has 1 unspecified atom stereocenters. The van der Waals surface area contributed by atoms with E-state index in [1.165, 1.54) is 0 Å². The molecule has 0 aliphatic carbocycles. The Labute approximate surface area is 192 Å². The Bertz CT molecular complexity index is 938. The van der Waals surface area contributed by atoms with Gasteiger partial charge in [0.05, 0.1) is 12.5 Å². The summed E-state index contributed by atoms with van der Waals surface area (Å²) < 4.78 is 10.8. The van der Waals surface area contributed by atoms with Gasteiger partial charge in [-0.2, -0.15) is 0 Å². The molecule has 1 aliphatic rings. The number of carbonyl (C=O) groups is 3. The summed E-state index contributed by atoms with van der Waals surface area (Å²) in [5.41, 5.74) is 1.16. The zero-order valence-corrected chi connectivity index (χ0v) is 18.9. The van der Waals surface area contributed by atoms with E-state index in [1.54, 1.807) is 60.4 Å². The number of amides is 2. The number of nitrogens with zero attached hydrogens (tertiary/aromatic N) is 1. The van der Waals surface area contributed by atoms with Gasteiger partial charge in [-0.05, 0) is 75.2 Å². The summed E-state index contributed by atoms with van der Waals surface area (Å²) in [6.45, 7) is 4.91. The first-order valence-electron chi connectivity index (χ1n) is 10.7. The second kappa shape index (κ2) is 11.0. The number of piperidine rings is 1. The predicted octanol–water partition coefficient (Wildman–Crippen LogP) is 4.16. The quantitative estimate of drug-likeness (QED) is 0.629. The normalized spacial score (nSPS) is 15.0. The number of carbonyl (C=O) groups excluding carboxylic acids is 3. The molecule has 2 aromatic carbocycles. The third-order valence-corrected chi connectivity index (χ3v) is 5.55. The van der Waals surface area contributed by atoms with Crippen LogP contribution in [0.4, 0.5) is 5.69 Å². The Balaban J connectivity index is 1.45. The zero-order chi connectivity index (χ0) is 23.1. The zero-order valence-electron chi connectivity index (χ0n) is 18.2. The van der Waals surface area contributed by atoms with Crippen LogP contribution < -0.4 is 10.1 Å². The van der Waals surface area contributed by atoms with Crippen LogP contribution in [-0.4, -0.2) is 48.5 Å². The van der Waals surface area contributed by atoms with Gasteiger partial charge in [-0.25, -0.2) is 0 Å². The van der Waals surface area contributed by atoms with E-state index in [0.717, 1.165) is 0 Å². The number of anilines is 1. The smallest absolute Gasteiger partial charge is 0.309 e. The Morgan fingerprint density at radius 1 is 1.06 bits per heavy atom. The Morgan fingerprint density at radius 2 is 1.69 bits per heavy atom. The molecule has 170 valence electrons. The van der Waals surface area contributed by atoms with Crippen LogP contribution in [0.5, 0.6) is 5.75 Å². The highest BCUT2D eigenvalue weighted by atomic mass is 35.5. The Hall–Kier alpha value is -3.06. The molecule has 0 bridgehead atoms. The average Bonchev–Trinajstić information content (AvgIpc) is 2.80. The maximum absolute atomic E-state index is 12.6. The van der Waals surface area contributed by atoms with Gasteiger partial charge in [0.2, 0.25) is 0 Å². The highest BCUT2D eigenvalue weighted by molar-refractivity contribution is 6.30. The van der Waals surface area contributed by atoms with Crippen molar-refractivity contribution in [2.75, 3.05) is 25.0 Å². The van der Waals surface area contributed by atoms with Crippen molar-refractivity contribution in [2.24, 2.45) is 5.92 Å². The summed E-state index contributed by atoms with van der Waals surface area (Å²) in [5, 5.41) is 3.30. The maximum atomic E-state index is 12.6. The van der Waals surface area contributed by atoms with E-state index in [2.05, 4.69) is 5.32 Å². The van der Waals surface area contributed by atoms with E-state index in [9.17, 15) is 14.4 Å². The Morgan fingerprint density at radius 3 is 2.28 bits per heavy atom. The first-order valence-corrected chi connectivity index (χ1v) is 11.0. The van der Waals surface area contributed by atoms with Crippen molar-refractivity contribution in [1.29, 1.82) is 0 Å². The molecule has 7 nitrogen and oxygen atoms in total. The summed E-state index contributed by atoms with van der Waals surface area (Å²) in [7, 11) is 0. The lowest BCUT2D eigenvalue weighted by atomic mass is 9.96. The molecule has 3 rings (SSSR count). The predicted molar refractivity (Wildman–Crippen MR) is 122 cm³/mol. The van der Waals surface area contributed by atoms with Gasteiger partial charge in [0.15, 0.2) is 6.10 Å². The number of benzene rings is 2. The van der Waals surface area contributed by atoms with Gasteiger partial charge >= 0.3 is 5.97 Å². The average molecular weight is 459 g/mol. The molecular weight excluding hydrogens is 432 g/mol. The second-order valence-electron chi connectivity index (χ2n) is 7.60. The Kier molecular flexibility index (Phi) is 8.11. The van der Waals surface area contributed by atoms with E-state index in [0.29, 0.717) is 54.6 Å². The molecule has 0 saturated carbocycles. The van der Waals surface area contributed by atoms with Crippen molar-refractivity contribution in [3.05, 3.63) is 59.1 Å². The van der Waals surface area contributed by atoms with Crippen LogP contribution in [-0.2, 0) is 14.3 Å². The summed E-state index contributed by atoms with van der Waals surface area (Å²) >= 11 is 5.87. The van der Waals surface area contributed by atoms with E-state index in [1.807, 2.05) is 6.92 Å². The number of hydrogen-bond acceptors (Lipinski definition) is 5. The van der Waals surface area contributed by atoms with E-state index in [-0.39, 0.29) is 11.8 Å². The SMILES string of the molecule is CCOc1ccc(NC(=O)C(C)OC(=O)C2CCN(C(=O)c3ccc(Cl)cc3)CC2)cc1. The molecular formula is C24H27ClN2O5. The minimum atomic E-state index is -0.928. The van der Waals surface area contributed by atoms with Crippen molar-refractivity contribution in [3.8, 4) is 5.75 Å². The molecule has 1 saturated heterocycles. The van der Waals surface area contributed by atoms with E-state index < -0.39 is 18.0 Å². The third kappa shape index (κ3) is 6.23. The number of hydrogen-bond donors (Lipinski definition) is 1. The van der Waals surface area contributed by atoms with Crippen LogP contribution in [0, 0.1) is 5.92 Å². The van der Waals surface area contributed by atoms with Gasteiger partial charge in [0.1, 0.15) is 5.75 Å². The highest BCUT2D eigenvalue weighted by Gasteiger charge is 2.30. The second-order valence-corrected chi connectivity index (χ2v) is 8.04. The largest absolute Gasteiger partial charge is 0.494 e. The number of rotatable bonds is 7. The summed E-state index contributed by atoms with van der Waals surface area (Å²) in [6, 6.07) is 13.7. The molecule has 1 heterocycles. The van der Waals surface area contributed by atoms with Gasteiger partial charge in [-0.1, -0.05) is 11.6 Å². The monoisotopic (exact) mass is 458 g/mol. The fourth-order valence-electron chi connectivity index (χ4n) is 3.46. The van der Waals surface area contributed by atoms with Crippen LogP contribution in [0.3, 0.4) is 0 Å². The maximum Gasteiger partial charge on any atom is 0.309 e. The van der Waals surface area contributed by atoms with Crippen LogP contribution >= 0.6 is 11.6 Å². The summed E-state index contributed by atoms with van der Waals surface area (Å²) in [4.78, 5) is 39.2. The fraction of sp³-hybridized carbons (Fsp3) is 0.375. The van der Waals surface area contributed by atoms with E-state index >= 15 is 0 Å². The molecule has 1 N–H and O–H groups in total. The van der Waals surface area contributed by atoms with Crippen molar-refractivity contribution >= 4 is 35.1 Å². The lowest BCUT2D eigenvalue weighted by molar-refractivity contribution is -0.158. The van der Waals surface area contributed by atoms with Crippen LogP contribution in [0.25, 0.3) is 0 Å². The molecule has 0 radical (unpaired) electrons. The number of likely N-dealkylation sites (tertiary alicyclic amines) is 1. The topological polar surface area (TPSA) is 84.9 Å². The summed E-state index contributed by atoms with van der Waals surface area (Å²) in [6.07, 6.45) is 0.0550. The molecule has 1 atom stereocenters. The fourth-order valence-corrected chi connectivity index (χ4v) is 3.59. The molecule has 0 spiro atoms. The lowest BCUT2D eigenvalue weighted by Crippen LogP contribution is -2.41. The molecule has 0 aromatic heterocycles. The van der Waals surface area contributed by atoms with Crippen molar-refractivity contribution in [3.63, 3.8) is 0 Å². The van der Waals surface area contributed by atoms with Crippen molar-refractivity contribution < 1.29 is 23.9 Å². The first kappa shape index (κ1) is 23.6. The van der Waals surface area contributed by atoms with Gasteiger partial charge in [0.25, 0.3) is 11.8 Å². The van der Waals surface area contributed by atoms with Crippen molar-refractivity contribution in [1.82, 2.24) is 4.90 Å². The third-order valence-electron chi connectivity index (χ3n) is 5.30. The first-order chi connectivity index (χ1) is 15.4. The summed E-state index contributed by atoms with van der Waals surface area (Å²) in [5.74, 6) is -0.539. The van der Waals surface area contributed by atoms with Crippen LogP contribution in [0.15, 0.2) is 48.5 Å². The van der Waals surface area contributed by atoms with Crippen LogP contribution in [0.1, 0.15) is 37.0 Å². The molecule has 2 amide bonds. The van der Waals surface area contributed by atoms with Gasteiger partial charge in [-0.15, -0.1) is 0 Å².